The van der Waals surface area contributed by atoms with Gasteiger partial charge in [0.2, 0.25) is 0 Å². The van der Waals surface area contributed by atoms with Crippen LogP contribution in [0.1, 0.15) is 38.8 Å². The van der Waals surface area contributed by atoms with Crippen LogP contribution in [0.2, 0.25) is 0 Å². The van der Waals surface area contributed by atoms with Gasteiger partial charge >= 0.3 is 0 Å². The van der Waals surface area contributed by atoms with E-state index in [4.69, 9.17) is 10.7 Å². The van der Waals surface area contributed by atoms with E-state index in [9.17, 15) is 0 Å². The number of nitrogens with zero attached hydrogens (tertiary/aromatic N) is 3. The zero-order valence-corrected chi connectivity index (χ0v) is 13.6. The van der Waals surface area contributed by atoms with E-state index < -0.39 is 0 Å². The predicted octanol–water partition coefficient (Wildman–Crippen LogP) is 3.79. The van der Waals surface area contributed by atoms with Crippen molar-refractivity contribution in [3.63, 3.8) is 0 Å². The maximum Gasteiger partial charge on any atom is 0.186 e. The summed E-state index contributed by atoms with van der Waals surface area (Å²) >= 11 is 3.26. The van der Waals surface area contributed by atoms with E-state index in [1.165, 1.54) is 35.5 Å². The van der Waals surface area contributed by atoms with E-state index in [1.807, 2.05) is 5.38 Å². The number of nitrogen functional groups attached to an aromatic ring is 1. The summed E-state index contributed by atoms with van der Waals surface area (Å²) in [5.74, 6) is 0. The molecule has 0 amide bonds. The van der Waals surface area contributed by atoms with Gasteiger partial charge < -0.3 is 10.6 Å². The van der Waals surface area contributed by atoms with Gasteiger partial charge in [0.25, 0.3) is 0 Å². The average molecular weight is 308 g/mol. The highest BCUT2D eigenvalue weighted by molar-refractivity contribution is 7.19. The average Bonchev–Trinajstić information content (AvgIpc) is 3.05. The van der Waals surface area contributed by atoms with E-state index in [0.29, 0.717) is 11.2 Å². The summed E-state index contributed by atoms with van der Waals surface area (Å²) in [6, 6.07) is 0.591. The van der Waals surface area contributed by atoms with Crippen LogP contribution in [-0.4, -0.2) is 22.6 Å². The summed E-state index contributed by atoms with van der Waals surface area (Å²) in [5.41, 5.74) is 7.89. The number of hydrogen-bond donors (Lipinski definition) is 1. The Kier molecular flexibility index (Phi) is 3.94. The second-order valence-electron chi connectivity index (χ2n) is 5.23. The summed E-state index contributed by atoms with van der Waals surface area (Å²) in [4.78, 5) is 12.9. The van der Waals surface area contributed by atoms with Gasteiger partial charge in [-0.3, -0.25) is 0 Å². The minimum atomic E-state index is 0.591. The third-order valence-corrected chi connectivity index (χ3v) is 5.66. The molecule has 1 saturated heterocycles. The number of thiazole rings is 2. The predicted molar refractivity (Wildman–Crippen MR) is 87.7 cm³/mol. The van der Waals surface area contributed by atoms with Gasteiger partial charge in [0, 0.05) is 18.0 Å². The second kappa shape index (κ2) is 5.69. The number of piperidine rings is 1. The number of aryl methyl sites for hydroxylation is 1. The van der Waals surface area contributed by atoms with Crippen molar-refractivity contribution in [3.8, 4) is 10.6 Å². The van der Waals surface area contributed by atoms with Gasteiger partial charge in [-0.05, 0) is 32.6 Å². The van der Waals surface area contributed by atoms with Crippen LogP contribution in [0.25, 0.3) is 10.6 Å². The van der Waals surface area contributed by atoms with Gasteiger partial charge in [0.15, 0.2) is 10.3 Å². The lowest BCUT2D eigenvalue weighted by Gasteiger charge is -2.33. The van der Waals surface area contributed by atoms with Gasteiger partial charge in [-0.15, -0.1) is 11.3 Å². The van der Waals surface area contributed by atoms with Gasteiger partial charge in [-0.2, -0.15) is 0 Å². The molecule has 2 aromatic rings. The third kappa shape index (κ3) is 2.54. The van der Waals surface area contributed by atoms with Crippen LogP contribution in [0.3, 0.4) is 0 Å². The fourth-order valence-corrected chi connectivity index (χ4v) is 4.55. The monoisotopic (exact) mass is 308 g/mol. The maximum absolute atomic E-state index is 5.76. The Morgan fingerprint density at radius 3 is 2.90 bits per heavy atom. The molecule has 108 valence electrons. The van der Waals surface area contributed by atoms with Crippen molar-refractivity contribution in [2.24, 2.45) is 0 Å². The van der Waals surface area contributed by atoms with Gasteiger partial charge in [-0.1, -0.05) is 18.3 Å². The Labute approximate surface area is 127 Å². The van der Waals surface area contributed by atoms with Gasteiger partial charge in [0.1, 0.15) is 0 Å². The zero-order valence-electron chi connectivity index (χ0n) is 11.9. The van der Waals surface area contributed by atoms with E-state index in [1.54, 1.807) is 11.3 Å². The highest BCUT2D eigenvalue weighted by Crippen LogP contribution is 2.38. The molecular weight excluding hydrogens is 288 g/mol. The summed E-state index contributed by atoms with van der Waals surface area (Å²) < 4.78 is 0. The van der Waals surface area contributed by atoms with Gasteiger partial charge in [0.05, 0.1) is 16.3 Å². The molecule has 0 spiro atoms. The highest BCUT2D eigenvalue weighted by Gasteiger charge is 2.23. The molecule has 4 nitrogen and oxygen atoms in total. The Morgan fingerprint density at radius 2 is 2.25 bits per heavy atom. The highest BCUT2D eigenvalue weighted by atomic mass is 32.1. The van der Waals surface area contributed by atoms with Crippen molar-refractivity contribution in [2.45, 2.75) is 45.6 Å². The number of nitrogens with two attached hydrogens (primary N) is 1. The van der Waals surface area contributed by atoms with Crippen LogP contribution in [-0.2, 0) is 6.42 Å². The summed E-state index contributed by atoms with van der Waals surface area (Å²) in [6.07, 6.45) is 4.80. The first-order chi connectivity index (χ1) is 9.69. The molecule has 1 aliphatic rings. The van der Waals surface area contributed by atoms with Crippen molar-refractivity contribution in [1.82, 2.24) is 9.97 Å². The fourth-order valence-electron chi connectivity index (χ4n) is 2.68. The first-order valence-electron chi connectivity index (χ1n) is 7.16. The Morgan fingerprint density at radius 1 is 1.40 bits per heavy atom. The largest absolute Gasteiger partial charge is 0.375 e. The van der Waals surface area contributed by atoms with Crippen LogP contribution < -0.4 is 10.6 Å². The van der Waals surface area contributed by atoms with E-state index in [2.05, 4.69) is 23.7 Å². The van der Waals surface area contributed by atoms with E-state index >= 15 is 0 Å². The van der Waals surface area contributed by atoms with Crippen molar-refractivity contribution >= 4 is 32.9 Å². The molecule has 0 aromatic carbocycles. The Bertz CT molecular complexity index is 590. The van der Waals surface area contributed by atoms with Crippen LogP contribution in [0, 0.1) is 0 Å². The van der Waals surface area contributed by atoms with Crippen molar-refractivity contribution < 1.29 is 0 Å². The van der Waals surface area contributed by atoms with Crippen LogP contribution >= 0.6 is 22.7 Å². The molecule has 6 heteroatoms. The molecule has 3 heterocycles. The second-order valence-corrected chi connectivity index (χ2v) is 7.10. The molecule has 1 unspecified atom stereocenters. The molecular formula is C14H20N4S2. The van der Waals surface area contributed by atoms with Crippen molar-refractivity contribution in [3.05, 3.63) is 11.1 Å². The smallest absolute Gasteiger partial charge is 0.186 e. The summed E-state index contributed by atoms with van der Waals surface area (Å²) in [6.45, 7) is 5.57. The number of hydrogen-bond acceptors (Lipinski definition) is 6. The molecule has 0 radical (unpaired) electrons. The number of aromatic nitrogens is 2. The lowest BCUT2D eigenvalue weighted by Crippen LogP contribution is -2.37. The van der Waals surface area contributed by atoms with Crippen LogP contribution in [0.5, 0.6) is 0 Å². The van der Waals surface area contributed by atoms with Crippen LogP contribution in [0.15, 0.2) is 5.38 Å². The molecule has 1 atom stereocenters. The first-order valence-corrected chi connectivity index (χ1v) is 8.86. The zero-order chi connectivity index (χ0) is 14.1. The first kappa shape index (κ1) is 13.8. The molecule has 2 N–H and O–H groups in total. The number of anilines is 2. The molecule has 3 rings (SSSR count). The SMILES string of the molecule is CCc1nc(N2CCCCC2C)sc1-c1csc(N)n1. The normalized spacial score (nSPS) is 19.5. The molecule has 20 heavy (non-hydrogen) atoms. The van der Waals surface area contributed by atoms with Gasteiger partial charge in [-0.25, -0.2) is 9.97 Å². The Hall–Kier alpha value is -1.14. The fraction of sp³-hybridized carbons (Fsp3) is 0.571. The lowest BCUT2D eigenvalue weighted by atomic mass is 10.1. The molecule has 1 fully saturated rings. The topological polar surface area (TPSA) is 55.0 Å². The van der Waals surface area contributed by atoms with Crippen LogP contribution in [0.4, 0.5) is 10.3 Å². The van der Waals surface area contributed by atoms with E-state index in [-0.39, 0.29) is 0 Å². The quantitative estimate of drug-likeness (QED) is 0.937. The lowest BCUT2D eigenvalue weighted by molar-refractivity contribution is 0.484. The summed E-state index contributed by atoms with van der Waals surface area (Å²) in [5, 5.41) is 3.81. The minimum absolute atomic E-state index is 0.591. The van der Waals surface area contributed by atoms with E-state index in [0.717, 1.165) is 29.5 Å². The molecule has 0 saturated carbocycles. The standard InChI is InChI=1S/C14H20N4S2/c1-3-10-12(11-8-19-13(15)16-11)20-14(17-10)18-7-5-4-6-9(18)2/h8-9H,3-7H2,1-2H3,(H2,15,16). The molecule has 2 aromatic heterocycles. The third-order valence-electron chi connectivity index (χ3n) is 3.82. The number of rotatable bonds is 3. The molecule has 1 aliphatic heterocycles. The molecule has 0 aliphatic carbocycles. The maximum atomic E-state index is 5.76. The summed E-state index contributed by atoms with van der Waals surface area (Å²) in [7, 11) is 0. The molecule has 0 bridgehead atoms. The Balaban J connectivity index is 1.96. The minimum Gasteiger partial charge on any atom is -0.375 e. The van der Waals surface area contributed by atoms with Crippen molar-refractivity contribution in [2.75, 3.05) is 17.2 Å². The van der Waals surface area contributed by atoms with Crippen molar-refractivity contribution in [1.29, 1.82) is 0 Å².